The molecule has 0 aliphatic carbocycles. The first-order chi connectivity index (χ1) is 9.59. The van der Waals surface area contributed by atoms with Crippen molar-refractivity contribution in [1.29, 1.82) is 0 Å². The lowest BCUT2D eigenvalue weighted by molar-refractivity contribution is 0.0852. The second kappa shape index (κ2) is 6.55. The first-order valence-electron chi connectivity index (χ1n) is 6.38. The molecule has 0 aliphatic rings. The van der Waals surface area contributed by atoms with Gasteiger partial charge in [0.1, 0.15) is 0 Å². The molecule has 20 heavy (non-hydrogen) atoms. The Morgan fingerprint density at radius 2 is 1.70 bits per heavy atom. The molecule has 2 aromatic carbocycles. The lowest BCUT2D eigenvalue weighted by atomic mass is 10.0. The molecule has 1 amide bonds. The monoisotopic (exact) mass is 289 g/mol. The molecular formula is C16H16ClNO2. The summed E-state index contributed by atoms with van der Waals surface area (Å²) in [7, 11) is 0. The molecule has 2 N–H and O–H groups in total. The number of halogens is 1. The average Bonchev–Trinajstić information content (AvgIpc) is 2.47. The van der Waals surface area contributed by atoms with Gasteiger partial charge >= 0.3 is 0 Å². The van der Waals surface area contributed by atoms with Crippen LogP contribution in [0, 0.1) is 0 Å². The highest BCUT2D eigenvalue weighted by Crippen LogP contribution is 2.18. The summed E-state index contributed by atoms with van der Waals surface area (Å²) in [4.78, 5) is 12.1. The van der Waals surface area contributed by atoms with Gasteiger partial charge in [0.25, 0.3) is 5.91 Å². The topological polar surface area (TPSA) is 49.3 Å². The maximum Gasteiger partial charge on any atom is 0.253 e. The Hall–Kier alpha value is -1.84. The van der Waals surface area contributed by atoms with E-state index < -0.39 is 12.1 Å². The maximum atomic E-state index is 12.1. The van der Waals surface area contributed by atoms with Gasteiger partial charge in [0.2, 0.25) is 0 Å². The van der Waals surface area contributed by atoms with E-state index in [0.717, 1.165) is 5.56 Å². The van der Waals surface area contributed by atoms with Crippen molar-refractivity contribution in [2.75, 3.05) is 0 Å². The summed E-state index contributed by atoms with van der Waals surface area (Å²) in [6.45, 7) is 1.76. The van der Waals surface area contributed by atoms with Crippen molar-refractivity contribution in [1.82, 2.24) is 5.32 Å². The first kappa shape index (κ1) is 14.6. The summed E-state index contributed by atoms with van der Waals surface area (Å²) >= 11 is 5.98. The van der Waals surface area contributed by atoms with Gasteiger partial charge in [-0.2, -0.15) is 0 Å². The minimum Gasteiger partial charge on any atom is -0.386 e. The largest absolute Gasteiger partial charge is 0.386 e. The summed E-state index contributed by atoms with van der Waals surface area (Å²) in [5.74, 6) is -0.293. The molecule has 104 valence electrons. The van der Waals surface area contributed by atoms with Crippen LogP contribution in [0.3, 0.4) is 0 Å². The van der Waals surface area contributed by atoms with Crippen LogP contribution in [0.1, 0.15) is 28.9 Å². The third kappa shape index (κ3) is 3.38. The van der Waals surface area contributed by atoms with Crippen molar-refractivity contribution in [2.24, 2.45) is 0 Å². The second-order valence-corrected chi connectivity index (χ2v) is 5.00. The Kier molecular flexibility index (Phi) is 4.77. The number of rotatable bonds is 4. The molecule has 2 atom stereocenters. The summed E-state index contributed by atoms with van der Waals surface area (Å²) in [6.07, 6.45) is -0.761. The number of aliphatic hydroxyl groups is 1. The molecule has 0 unspecified atom stereocenters. The predicted molar refractivity (Wildman–Crippen MR) is 79.8 cm³/mol. The van der Waals surface area contributed by atoms with Gasteiger partial charge in [0, 0.05) is 0 Å². The van der Waals surface area contributed by atoms with Crippen LogP contribution in [0.4, 0.5) is 0 Å². The zero-order valence-electron chi connectivity index (χ0n) is 11.1. The van der Waals surface area contributed by atoms with Crippen LogP contribution in [0.2, 0.25) is 5.02 Å². The van der Waals surface area contributed by atoms with Crippen molar-refractivity contribution in [3.8, 4) is 0 Å². The Morgan fingerprint density at radius 1 is 1.10 bits per heavy atom. The van der Waals surface area contributed by atoms with Crippen LogP contribution in [0.25, 0.3) is 0 Å². The Labute approximate surface area is 123 Å². The standard InChI is InChI=1S/C16H16ClNO2/c1-11(15(19)12-7-3-2-4-8-12)18-16(20)13-9-5-6-10-14(13)17/h2-11,15,19H,1H3,(H,18,20)/t11-,15-/m1/s1. The molecular weight excluding hydrogens is 274 g/mol. The van der Waals surface area contributed by atoms with Crippen LogP contribution in [0.15, 0.2) is 54.6 Å². The molecule has 0 saturated heterocycles. The van der Waals surface area contributed by atoms with Crippen LogP contribution in [-0.4, -0.2) is 17.1 Å². The molecule has 0 bridgehead atoms. The van der Waals surface area contributed by atoms with Crippen LogP contribution >= 0.6 is 11.6 Å². The molecule has 0 aromatic heterocycles. The third-order valence-corrected chi connectivity index (χ3v) is 3.42. The molecule has 0 fully saturated rings. The fourth-order valence-corrected chi connectivity index (χ4v) is 2.17. The highest BCUT2D eigenvalue weighted by Gasteiger charge is 2.19. The van der Waals surface area contributed by atoms with Crippen molar-refractivity contribution in [2.45, 2.75) is 19.1 Å². The molecule has 0 saturated carbocycles. The van der Waals surface area contributed by atoms with E-state index in [9.17, 15) is 9.90 Å². The number of benzene rings is 2. The van der Waals surface area contributed by atoms with Gasteiger partial charge in [-0.05, 0) is 24.6 Å². The zero-order valence-corrected chi connectivity index (χ0v) is 11.8. The number of amides is 1. The van der Waals surface area contributed by atoms with Crippen molar-refractivity contribution in [3.05, 3.63) is 70.7 Å². The minimum atomic E-state index is -0.761. The summed E-state index contributed by atoms with van der Waals surface area (Å²) < 4.78 is 0. The van der Waals surface area contributed by atoms with Crippen molar-refractivity contribution < 1.29 is 9.90 Å². The van der Waals surface area contributed by atoms with Crippen LogP contribution in [0.5, 0.6) is 0 Å². The molecule has 0 radical (unpaired) electrons. The van der Waals surface area contributed by atoms with Gasteiger partial charge in [-0.25, -0.2) is 0 Å². The van der Waals surface area contributed by atoms with E-state index in [4.69, 9.17) is 11.6 Å². The molecule has 2 rings (SSSR count). The maximum absolute atomic E-state index is 12.1. The Balaban J connectivity index is 2.07. The van der Waals surface area contributed by atoms with E-state index in [2.05, 4.69) is 5.32 Å². The van der Waals surface area contributed by atoms with Gasteiger partial charge in [-0.1, -0.05) is 54.1 Å². The summed E-state index contributed by atoms with van der Waals surface area (Å²) in [5, 5.41) is 13.4. The van der Waals surface area contributed by atoms with Crippen LogP contribution < -0.4 is 5.32 Å². The number of aliphatic hydroxyl groups excluding tert-OH is 1. The van der Waals surface area contributed by atoms with Crippen molar-refractivity contribution in [3.63, 3.8) is 0 Å². The fraction of sp³-hybridized carbons (Fsp3) is 0.188. The first-order valence-corrected chi connectivity index (χ1v) is 6.76. The molecule has 0 aliphatic heterocycles. The molecule has 0 spiro atoms. The molecule has 2 aromatic rings. The molecule has 0 heterocycles. The number of carbonyl (C=O) groups excluding carboxylic acids is 1. The van der Waals surface area contributed by atoms with Gasteiger partial charge in [-0.15, -0.1) is 0 Å². The Morgan fingerprint density at radius 3 is 2.35 bits per heavy atom. The molecule has 3 nitrogen and oxygen atoms in total. The fourth-order valence-electron chi connectivity index (χ4n) is 1.95. The predicted octanol–water partition coefficient (Wildman–Crippen LogP) is 3.19. The lowest BCUT2D eigenvalue weighted by Gasteiger charge is -2.20. The zero-order chi connectivity index (χ0) is 14.5. The van der Waals surface area contributed by atoms with E-state index in [1.165, 1.54) is 0 Å². The number of nitrogens with one attached hydrogen (secondary N) is 1. The Bertz CT molecular complexity index is 586. The lowest BCUT2D eigenvalue weighted by Crippen LogP contribution is -2.37. The van der Waals surface area contributed by atoms with Gasteiger partial charge in [0.15, 0.2) is 0 Å². The van der Waals surface area contributed by atoms with Crippen LogP contribution in [-0.2, 0) is 0 Å². The van der Waals surface area contributed by atoms with E-state index in [1.54, 1.807) is 31.2 Å². The van der Waals surface area contributed by atoms with Gasteiger partial charge in [0.05, 0.1) is 22.7 Å². The average molecular weight is 290 g/mol. The highest BCUT2D eigenvalue weighted by atomic mass is 35.5. The third-order valence-electron chi connectivity index (χ3n) is 3.09. The van der Waals surface area contributed by atoms with Crippen molar-refractivity contribution >= 4 is 17.5 Å². The number of carbonyl (C=O) groups is 1. The second-order valence-electron chi connectivity index (χ2n) is 4.60. The van der Waals surface area contributed by atoms with E-state index in [-0.39, 0.29) is 5.91 Å². The smallest absolute Gasteiger partial charge is 0.253 e. The normalized spacial score (nSPS) is 13.6. The summed E-state index contributed by atoms with van der Waals surface area (Å²) in [6, 6.07) is 15.6. The summed E-state index contributed by atoms with van der Waals surface area (Å²) in [5.41, 5.74) is 1.17. The minimum absolute atomic E-state index is 0.293. The van der Waals surface area contributed by atoms with Gasteiger partial charge < -0.3 is 10.4 Å². The number of hydrogen-bond acceptors (Lipinski definition) is 2. The van der Waals surface area contributed by atoms with Gasteiger partial charge in [-0.3, -0.25) is 4.79 Å². The number of hydrogen-bond donors (Lipinski definition) is 2. The van der Waals surface area contributed by atoms with E-state index in [0.29, 0.717) is 10.6 Å². The van der Waals surface area contributed by atoms with E-state index >= 15 is 0 Å². The quantitative estimate of drug-likeness (QED) is 0.908. The molecule has 4 heteroatoms. The SMILES string of the molecule is C[C@@H](NC(=O)c1ccccc1Cl)[C@@H](O)c1ccccc1. The highest BCUT2D eigenvalue weighted by molar-refractivity contribution is 6.33. The van der Waals surface area contributed by atoms with E-state index in [1.807, 2.05) is 30.3 Å².